The van der Waals surface area contributed by atoms with E-state index in [9.17, 15) is 0 Å². The van der Waals surface area contributed by atoms with Crippen molar-refractivity contribution in [1.29, 1.82) is 0 Å². The van der Waals surface area contributed by atoms with E-state index < -0.39 is 0 Å². The van der Waals surface area contributed by atoms with Crippen LogP contribution in [0.15, 0.2) is 42.6 Å². The van der Waals surface area contributed by atoms with Gasteiger partial charge in [-0.3, -0.25) is 0 Å². The Bertz CT molecular complexity index is 496. The van der Waals surface area contributed by atoms with Crippen molar-refractivity contribution in [3.63, 3.8) is 0 Å². The molecule has 3 nitrogen and oxygen atoms in total. The maximum Gasteiger partial charge on any atom is 0.129 e. The third-order valence-corrected chi connectivity index (χ3v) is 2.95. The Hall–Kier alpha value is -1.74. The number of nitrogens with one attached hydrogen (secondary N) is 1. The summed E-state index contributed by atoms with van der Waals surface area (Å²) in [6.07, 6.45) is 1.72. The molecular formula is C14H15ClN2O. The Kier molecular flexibility index (Phi) is 4.05. The molecule has 0 saturated carbocycles. The van der Waals surface area contributed by atoms with Gasteiger partial charge in [-0.15, -0.1) is 0 Å². The zero-order valence-corrected chi connectivity index (χ0v) is 11.1. The second kappa shape index (κ2) is 5.74. The van der Waals surface area contributed by atoms with Crippen molar-refractivity contribution in [2.45, 2.75) is 13.0 Å². The van der Waals surface area contributed by atoms with Gasteiger partial charge in [-0.25, -0.2) is 4.98 Å². The van der Waals surface area contributed by atoms with Gasteiger partial charge < -0.3 is 10.1 Å². The fourth-order valence-corrected chi connectivity index (χ4v) is 1.80. The smallest absolute Gasteiger partial charge is 0.129 e. The first-order valence-corrected chi connectivity index (χ1v) is 6.09. The molecule has 0 spiro atoms. The molecule has 2 rings (SSSR count). The van der Waals surface area contributed by atoms with Gasteiger partial charge in [0.15, 0.2) is 0 Å². The summed E-state index contributed by atoms with van der Waals surface area (Å²) in [7, 11) is 1.66. The quantitative estimate of drug-likeness (QED) is 0.848. The van der Waals surface area contributed by atoms with Crippen molar-refractivity contribution in [1.82, 2.24) is 4.98 Å². The lowest BCUT2D eigenvalue weighted by Gasteiger charge is -2.15. The van der Waals surface area contributed by atoms with Gasteiger partial charge in [-0.05, 0) is 36.8 Å². The van der Waals surface area contributed by atoms with E-state index in [4.69, 9.17) is 16.3 Å². The number of aromatic nitrogens is 1. The molecule has 0 amide bonds. The van der Waals surface area contributed by atoms with Gasteiger partial charge in [0, 0.05) is 6.04 Å². The molecule has 18 heavy (non-hydrogen) atoms. The fourth-order valence-electron chi connectivity index (χ4n) is 1.69. The summed E-state index contributed by atoms with van der Waals surface area (Å²) in [5.74, 6) is 0.860. The second-order valence-electron chi connectivity index (χ2n) is 4.01. The zero-order valence-electron chi connectivity index (χ0n) is 10.4. The number of halogens is 1. The van der Waals surface area contributed by atoms with E-state index in [0.717, 1.165) is 11.4 Å². The molecule has 0 aliphatic heterocycles. The van der Waals surface area contributed by atoms with Crippen molar-refractivity contribution >= 4 is 17.3 Å². The van der Waals surface area contributed by atoms with Crippen molar-refractivity contribution in [3.8, 4) is 5.75 Å². The Balaban J connectivity index is 2.06. The maximum atomic E-state index is 5.75. The first kappa shape index (κ1) is 12.7. The van der Waals surface area contributed by atoms with Crippen LogP contribution in [0.4, 0.5) is 5.69 Å². The van der Waals surface area contributed by atoms with Crippen LogP contribution >= 0.6 is 11.6 Å². The molecule has 0 saturated heterocycles. The minimum absolute atomic E-state index is 0.193. The normalized spacial score (nSPS) is 11.9. The number of hydrogen-bond donors (Lipinski definition) is 1. The van der Waals surface area contributed by atoms with Crippen molar-refractivity contribution in [2.24, 2.45) is 0 Å². The Morgan fingerprint density at radius 3 is 2.44 bits per heavy atom. The van der Waals surface area contributed by atoms with Crippen LogP contribution in [-0.4, -0.2) is 12.1 Å². The molecule has 1 aromatic heterocycles. The van der Waals surface area contributed by atoms with Gasteiger partial charge in [0.2, 0.25) is 0 Å². The topological polar surface area (TPSA) is 34.1 Å². The molecule has 0 radical (unpaired) electrons. The predicted octanol–water partition coefficient (Wildman–Crippen LogP) is 3.92. The summed E-state index contributed by atoms with van der Waals surface area (Å²) in [5, 5.41) is 3.86. The summed E-state index contributed by atoms with van der Waals surface area (Å²) < 4.78 is 5.14. The van der Waals surface area contributed by atoms with Gasteiger partial charge in [-0.1, -0.05) is 23.7 Å². The Morgan fingerprint density at radius 2 is 1.89 bits per heavy atom. The minimum Gasteiger partial charge on any atom is -0.497 e. The molecule has 0 bridgehead atoms. The molecule has 1 aromatic carbocycles. The molecule has 4 heteroatoms. The molecule has 0 fully saturated rings. The highest BCUT2D eigenvalue weighted by atomic mass is 35.5. The fraction of sp³-hybridized carbons (Fsp3) is 0.214. The lowest BCUT2D eigenvalue weighted by Crippen LogP contribution is -2.06. The van der Waals surface area contributed by atoms with Crippen LogP contribution in [0.2, 0.25) is 5.15 Å². The summed E-state index contributed by atoms with van der Waals surface area (Å²) in [6, 6.07) is 11.9. The number of pyridine rings is 1. The molecule has 1 atom stereocenters. The number of benzene rings is 1. The average Bonchev–Trinajstić information content (AvgIpc) is 2.41. The van der Waals surface area contributed by atoms with Gasteiger partial charge in [0.25, 0.3) is 0 Å². The highest BCUT2D eigenvalue weighted by molar-refractivity contribution is 6.29. The standard InChI is InChI=1S/C14H15ClN2O/c1-10(11-3-6-13(18-2)7-4-11)17-12-5-8-14(15)16-9-12/h3-10,17H,1-2H3. The average molecular weight is 263 g/mol. The number of nitrogens with zero attached hydrogens (tertiary/aromatic N) is 1. The van der Waals surface area contributed by atoms with Crippen LogP contribution in [0.3, 0.4) is 0 Å². The zero-order chi connectivity index (χ0) is 13.0. The van der Waals surface area contributed by atoms with Crippen LogP contribution in [0, 0.1) is 0 Å². The third kappa shape index (κ3) is 3.14. The van der Waals surface area contributed by atoms with Crippen molar-refractivity contribution in [2.75, 3.05) is 12.4 Å². The summed E-state index contributed by atoms with van der Waals surface area (Å²) in [4.78, 5) is 4.04. The second-order valence-corrected chi connectivity index (χ2v) is 4.40. The third-order valence-electron chi connectivity index (χ3n) is 2.73. The number of hydrogen-bond acceptors (Lipinski definition) is 3. The molecule has 0 aliphatic carbocycles. The van der Waals surface area contributed by atoms with Crippen molar-refractivity contribution in [3.05, 3.63) is 53.3 Å². The van der Waals surface area contributed by atoms with E-state index in [0.29, 0.717) is 5.15 Å². The predicted molar refractivity (Wildman–Crippen MR) is 74.3 cm³/mol. The number of anilines is 1. The summed E-state index contributed by atoms with van der Waals surface area (Å²) in [5.41, 5.74) is 2.13. The molecule has 0 aliphatic rings. The van der Waals surface area contributed by atoms with Gasteiger partial charge in [-0.2, -0.15) is 0 Å². The summed E-state index contributed by atoms with van der Waals surface area (Å²) in [6.45, 7) is 2.09. The van der Waals surface area contributed by atoms with Gasteiger partial charge >= 0.3 is 0 Å². The van der Waals surface area contributed by atoms with E-state index in [1.54, 1.807) is 19.4 Å². The first-order chi connectivity index (χ1) is 8.69. The number of rotatable bonds is 4. The molecular weight excluding hydrogens is 248 g/mol. The lowest BCUT2D eigenvalue weighted by molar-refractivity contribution is 0.414. The molecule has 1 heterocycles. The SMILES string of the molecule is COc1ccc(C(C)Nc2ccc(Cl)nc2)cc1. The van der Waals surface area contributed by atoms with E-state index >= 15 is 0 Å². The Labute approximate surface area is 112 Å². The largest absolute Gasteiger partial charge is 0.497 e. The van der Waals surface area contributed by atoms with Crippen LogP contribution in [0.1, 0.15) is 18.5 Å². The van der Waals surface area contributed by atoms with Crippen LogP contribution < -0.4 is 10.1 Å². The maximum absolute atomic E-state index is 5.75. The van der Waals surface area contributed by atoms with Crippen molar-refractivity contribution < 1.29 is 4.74 Å². The van der Waals surface area contributed by atoms with Crippen LogP contribution in [0.25, 0.3) is 0 Å². The molecule has 2 aromatic rings. The van der Waals surface area contributed by atoms with E-state index in [2.05, 4.69) is 17.2 Å². The molecule has 94 valence electrons. The number of ether oxygens (including phenoxy) is 1. The summed E-state index contributed by atoms with van der Waals surface area (Å²) >= 11 is 5.75. The Morgan fingerprint density at radius 1 is 1.17 bits per heavy atom. The minimum atomic E-state index is 0.193. The van der Waals surface area contributed by atoms with E-state index in [1.807, 2.05) is 30.3 Å². The van der Waals surface area contributed by atoms with Crippen LogP contribution in [0.5, 0.6) is 5.75 Å². The van der Waals surface area contributed by atoms with Gasteiger partial charge in [0.05, 0.1) is 19.0 Å². The van der Waals surface area contributed by atoms with Crippen LogP contribution in [-0.2, 0) is 0 Å². The number of methoxy groups -OCH3 is 1. The first-order valence-electron chi connectivity index (χ1n) is 5.71. The monoisotopic (exact) mass is 262 g/mol. The van der Waals surface area contributed by atoms with E-state index in [1.165, 1.54) is 5.56 Å². The van der Waals surface area contributed by atoms with Gasteiger partial charge in [0.1, 0.15) is 10.9 Å². The van der Waals surface area contributed by atoms with E-state index in [-0.39, 0.29) is 6.04 Å². The molecule has 1 N–H and O–H groups in total. The highest BCUT2D eigenvalue weighted by Crippen LogP contribution is 2.21. The highest BCUT2D eigenvalue weighted by Gasteiger charge is 2.05. The molecule has 1 unspecified atom stereocenters. The lowest BCUT2D eigenvalue weighted by atomic mass is 10.1.